The lowest BCUT2D eigenvalue weighted by molar-refractivity contribution is 0.288. The fourth-order valence-electron chi connectivity index (χ4n) is 2.27. The number of hydrogen-bond acceptors (Lipinski definition) is 3. The topological polar surface area (TPSA) is 47.3 Å². The highest BCUT2D eigenvalue weighted by Gasteiger charge is 2.22. The molecule has 0 spiro atoms. The fraction of sp³-hybridized carbons (Fsp3) is 0.600. The first-order valence-corrected chi connectivity index (χ1v) is 6.78. The second kappa shape index (κ2) is 6.64. The molecule has 1 aromatic rings. The van der Waals surface area contributed by atoms with E-state index in [2.05, 4.69) is 26.1 Å². The Kier molecular flexibility index (Phi) is 5.48. The number of anilines is 1. The largest absolute Gasteiger partial charge is 0.497 e. The predicted molar refractivity (Wildman–Crippen MR) is 77.9 cm³/mol. The summed E-state index contributed by atoms with van der Waals surface area (Å²) in [6.45, 7) is 7.48. The Bertz CT molecular complexity index is 364. The number of methoxy groups -OCH3 is 1. The Morgan fingerprint density at radius 2 is 1.78 bits per heavy atom. The monoisotopic (exact) mass is 250 g/mol. The van der Waals surface area contributed by atoms with E-state index in [1.807, 2.05) is 18.2 Å². The number of ether oxygens (including phenoxy) is 1. The minimum absolute atomic E-state index is 0.218. The Morgan fingerprint density at radius 3 is 2.28 bits per heavy atom. The van der Waals surface area contributed by atoms with Gasteiger partial charge in [-0.25, -0.2) is 0 Å². The molecule has 0 saturated heterocycles. The van der Waals surface area contributed by atoms with Crippen LogP contribution in [0.4, 0.5) is 5.69 Å². The van der Waals surface area contributed by atoms with E-state index in [0.717, 1.165) is 42.8 Å². The molecule has 0 heterocycles. The fourth-order valence-corrected chi connectivity index (χ4v) is 2.27. The van der Waals surface area contributed by atoms with Crippen molar-refractivity contribution in [3.63, 3.8) is 0 Å². The molecule has 0 radical (unpaired) electrons. The molecular weight excluding hydrogens is 224 g/mol. The molecule has 0 aliphatic heterocycles. The number of nitrogen functional groups attached to an aromatic ring is 1. The van der Waals surface area contributed by atoms with Crippen molar-refractivity contribution < 1.29 is 4.74 Å². The summed E-state index contributed by atoms with van der Waals surface area (Å²) in [5, 5.41) is 3.66. The molecule has 1 aromatic carbocycles. The second-order valence-corrected chi connectivity index (χ2v) is 4.76. The lowest BCUT2D eigenvalue weighted by Crippen LogP contribution is -2.43. The smallest absolute Gasteiger partial charge is 0.119 e. The first-order valence-electron chi connectivity index (χ1n) is 6.78. The summed E-state index contributed by atoms with van der Waals surface area (Å²) in [7, 11) is 1.68. The summed E-state index contributed by atoms with van der Waals surface area (Å²) in [5.41, 5.74) is 8.15. The Morgan fingerprint density at radius 1 is 1.17 bits per heavy atom. The van der Waals surface area contributed by atoms with Crippen LogP contribution in [0.5, 0.6) is 5.75 Å². The molecule has 18 heavy (non-hydrogen) atoms. The van der Waals surface area contributed by atoms with Crippen LogP contribution < -0.4 is 15.8 Å². The van der Waals surface area contributed by atoms with Crippen molar-refractivity contribution in [2.45, 2.75) is 52.1 Å². The van der Waals surface area contributed by atoms with E-state index in [9.17, 15) is 0 Å². The molecule has 0 atom stereocenters. The zero-order valence-corrected chi connectivity index (χ0v) is 12.0. The van der Waals surface area contributed by atoms with Crippen LogP contribution in [0.1, 0.15) is 45.6 Å². The molecule has 0 bridgehead atoms. The van der Waals surface area contributed by atoms with Crippen molar-refractivity contribution in [2.75, 3.05) is 12.8 Å². The molecule has 3 N–H and O–H groups in total. The summed E-state index contributed by atoms with van der Waals surface area (Å²) < 4.78 is 5.24. The molecule has 0 aliphatic rings. The van der Waals surface area contributed by atoms with Gasteiger partial charge in [0.15, 0.2) is 0 Å². The second-order valence-electron chi connectivity index (χ2n) is 4.76. The minimum Gasteiger partial charge on any atom is -0.497 e. The van der Waals surface area contributed by atoms with Gasteiger partial charge in [0.25, 0.3) is 0 Å². The Balaban J connectivity index is 2.78. The van der Waals surface area contributed by atoms with E-state index in [1.54, 1.807) is 7.11 Å². The summed E-state index contributed by atoms with van der Waals surface area (Å²) in [6.07, 6.45) is 3.39. The standard InChI is InChI=1S/C15H26N2O/c1-5-15(6-2,7-3)17-11-12-10-13(18-4)8-9-14(12)16/h8-10,17H,5-7,11,16H2,1-4H3. The van der Waals surface area contributed by atoms with E-state index < -0.39 is 0 Å². The maximum atomic E-state index is 6.00. The maximum Gasteiger partial charge on any atom is 0.119 e. The third-order valence-electron chi connectivity index (χ3n) is 4.03. The third-order valence-corrected chi connectivity index (χ3v) is 4.03. The Labute approximate surface area is 111 Å². The van der Waals surface area contributed by atoms with Gasteiger partial charge >= 0.3 is 0 Å². The maximum absolute atomic E-state index is 6.00. The lowest BCUT2D eigenvalue weighted by Gasteiger charge is -2.32. The SMILES string of the molecule is CCC(CC)(CC)NCc1cc(OC)ccc1N. The van der Waals surface area contributed by atoms with Crippen molar-refractivity contribution in [1.29, 1.82) is 0 Å². The van der Waals surface area contributed by atoms with Gasteiger partial charge in [-0.2, -0.15) is 0 Å². The van der Waals surface area contributed by atoms with Gasteiger partial charge in [0.05, 0.1) is 7.11 Å². The molecule has 0 unspecified atom stereocenters. The molecule has 0 aromatic heterocycles. The first-order chi connectivity index (χ1) is 8.60. The highest BCUT2D eigenvalue weighted by Crippen LogP contribution is 2.23. The van der Waals surface area contributed by atoms with Crippen LogP contribution in [0.25, 0.3) is 0 Å². The highest BCUT2D eigenvalue weighted by atomic mass is 16.5. The van der Waals surface area contributed by atoms with Gasteiger partial charge in [-0.15, -0.1) is 0 Å². The molecule has 3 nitrogen and oxygen atoms in total. The highest BCUT2D eigenvalue weighted by molar-refractivity contribution is 5.50. The quantitative estimate of drug-likeness (QED) is 0.730. The van der Waals surface area contributed by atoms with Crippen molar-refractivity contribution in [3.8, 4) is 5.75 Å². The average Bonchev–Trinajstić information content (AvgIpc) is 2.42. The zero-order chi connectivity index (χ0) is 13.6. The van der Waals surface area contributed by atoms with Crippen LogP contribution in [0.15, 0.2) is 18.2 Å². The summed E-state index contributed by atoms with van der Waals surface area (Å²) in [6, 6.07) is 5.81. The molecular formula is C15H26N2O. The van der Waals surface area contributed by atoms with Crippen LogP contribution in [0.3, 0.4) is 0 Å². The molecule has 3 heteroatoms. The Hall–Kier alpha value is -1.22. The molecule has 1 rings (SSSR count). The van der Waals surface area contributed by atoms with Crippen LogP contribution in [-0.2, 0) is 6.54 Å². The van der Waals surface area contributed by atoms with Gasteiger partial charge in [0.1, 0.15) is 5.75 Å². The van der Waals surface area contributed by atoms with E-state index in [0.29, 0.717) is 0 Å². The lowest BCUT2D eigenvalue weighted by atomic mass is 9.89. The van der Waals surface area contributed by atoms with Crippen molar-refractivity contribution in [3.05, 3.63) is 23.8 Å². The average molecular weight is 250 g/mol. The minimum atomic E-state index is 0.218. The van der Waals surface area contributed by atoms with Gasteiger partial charge in [-0.3, -0.25) is 0 Å². The van der Waals surface area contributed by atoms with Crippen molar-refractivity contribution in [1.82, 2.24) is 5.32 Å². The van der Waals surface area contributed by atoms with Gasteiger partial charge < -0.3 is 15.8 Å². The van der Waals surface area contributed by atoms with Crippen LogP contribution in [0, 0.1) is 0 Å². The first kappa shape index (κ1) is 14.8. The van der Waals surface area contributed by atoms with Gasteiger partial charge in [-0.05, 0) is 43.0 Å². The summed E-state index contributed by atoms with van der Waals surface area (Å²) in [4.78, 5) is 0. The van der Waals surface area contributed by atoms with Crippen LogP contribution in [-0.4, -0.2) is 12.6 Å². The molecule has 0 aliphatic carbocycles. The third kappa shape index (κ3) is 3.39. The van der Waals surface area contributed by atoms with Gasteiger partial charge in [-0.1, -0.05) is 20.8 Å². The van der Waals surface area contributed by atoms with Gasteiger partial charge in [0.2, 0.25) is 0 Å². The number of nitrogens with one attached hydrogen (secondary N) is 1. The van der Waals surface area contributed by atoms with E-state index in [1.165, 1.54) is 0 Å². The summed E-state index contributed by atoms with van der Waals surface area (Å²) >= 11 is 0. The zero-order valence-electron chi connectivity index (χ0n) is 12.0. The van der Waals surface area contributed by atoms with Crippen LogP contribution in [0.2, 0.25) is 0 Å². The normalized spacial score (nSPS) is 11.6. The van der Waals surface area contributed by atoms with Crippen LogP contribution >= 0.6 is 0 Å². The van der Waals surface area contributed by atoms with Crippen molar-refractivity contribution in [2.24, 2.45) is 0 Å². The summed E-state index contributed by atoms with van der Waals surface area (Å²) in [5.74, 6) is 0.857. The molecule has 0 fully saturated rings. The van der Waals surface area contributed by atoms with E-state index in [-0.39, 0.29) is 5.54 Å². The molecule has 0 amide bonds. The van der Waals surface area contributed by atoms with E-state index in [4.69, 9.17) is 10.5 Å². The van der Waals surface area contributed by atoms with E-state index >= 15 is 0 Å². The number of nitrogens with two attached hydrogens (primary N) is 1. The molecule has 0 saturated carbocycles. The number of rotatable bonds is 7. The predicted octanol–water partition coefficient (Wildman–Crippen LogP) is 3.34. The number of benzene rings is 1. The molecule has 102 valence electrons. The van der Waals surface area contributed by atoms with Crippen molar-refractivity contribution >= 4 is 5.69 Å². The number of hydrogen-bond donors (Lipinski definition) is 2. The van der Waals surface area contributed by atoms with Gasteiger partial charge in [0, 0.05) is 17.8 Å².